The highest BCUT2D eigenvalue weighted by Crippen LogP contribution is 2.44. The van der Waals surface area contributed by atoms with Gasteiger partial charge in [-0.1, -0.05) is 28.1 Å². The molecule has 1 aromatic carbocycles. The SMILES string of the molecule is FC(F)(F)[C@@]1(c2ccc(Br)cc2)CCCN1. The predicted molar refractivity (Wildman–Crippen MR) is 59.1 cm³/mol. The van der Waals surface area contributed by atoms with Crippen molar-refractivity contribution in [2.45, 2.75) is 24.6 Å². The van der Waals surface area contributed by atoms with E-state index in [1.165, 1.54) is 12.1 Å². The van der Waals surface area contributed by atoms with Crippen LogP contribution in [-0.4, -0.2) is 12.7 Å². The van der Waals surface area contributed by atoms with Gasteiger partial charge < -0.3 is 0 Å². The molecule has 1 fully saturated rings. The Hall–Kier alpha value is -0.550. The molecule has 0 radical (unpaired) electrons. The molecule has 0 saturated carbocycles. The van der Waals surface area contributed by atoms with Crippen LogP contribution >= 0.6 is 15.9 Å². The Morgan fingerprint density at radius 2 is 1.81 bits per heavy atom. The van der Waals surface area contributed by atoms with Gasteiger partial charge >= 0.3 is 6.18 Å². The third-order valence-corrected chi connectivity index (χ3v) is 3.50. The van der Waals surface area contributed by atoms with E-state index in [4.69, 9.17) is 0 Å². The smallest absolute Gasteiger partial charge is 0.300 e. The van der Waals surface area contributed by atoms with Crippen LogP contribution in [0.15, 0.2) is 28.7 Å². The second-order valence-electron chi connectivity index (χ2n) is 3.94. The summed E-state index contributed by atoms with van der Waals surface area (Å²) in [5.41, 5.74) is -1.56. The molecule has 1 N–H and O–H groups in total. The maximum Gasteiger partial charge on any atom is 0.410 e. The maximum atomic E-state index is 13.1. The van der Waals surface area contributed by atoms with E-state index in [1.807, 2.05) is 0 Å². The molecule has 1 nitrogen and oxygen atoms in total. The van der Waals surface area contributed by atoms with E-state index in [2.05, 4.69) is 21.2 Å². The summed E-state index contributed by atoms with van der Waals surface area (Å²) in [6.45, 7) is 0.412. The molecule has 1 aromatic rings. The molecule has 5 heteroatoms. The van der Waals surface area contributed by atoms with Crippen molar-refractivity contribution < 1.29 is 13.2 Å². The van der Waals surface area contributed by atoms with Crippen LogP contribution in [0.2, 0.25) is 0 Å². The lowest BCUT2D eigenvalue weighted by Crippen LogP contribution is -2.49. The maximum absolute atomic E-state index is 13.1. The molecule has 0 bridgehead atoms. The molecule has 0 aliphatic carbocycles. The van der Waals surface area contributed by atoms with Crippen molar-refractivity contribution in [2.75, 3.05) is 6.54 Å². The predicted octanol–water partition coefficient (Wildman–Crippen LogP) is 3.59. The first-order valence-corrected chi connectivity index (χ1v) is 5.83. The lowest BCUT2D eigenvalue weighted by molar-refractivity contribution is -0.196. The van der Waals surface area contributed by atoms with Crippen LogP contribution in [0.5, 0.6) is 0 Å². The average molecular weight is 294 g/mol. The summed E-state index contributed by atoms with van der Waals surface area (Å²) in [5.74, 6) is 0. The molecular weight excluding hydrogens is 283 g/mol. The Morgan fingerprint density at radius 3 is 2.25 bits per heavy atom. The average Bonchev–Trinajstić information content (AvgIpc) is 2.68. The summed E-state index contributed by atoms with van der Waals surface area (Å²) in [4.78, 5) is 0. The molecule has 0 amide bonds. The molecule has 1 aliphatic rings. The lowest BCUT2D eigenvalue weighted by atomic mass is 9.88. The molecule has 0 unspecified atom stereocenters. The molecule has 16 heavy (non-hydrogen) atoms. The number of nitrogens with one attached hydrogen (secondary N) is 1. The summed E-state index contributed by atoms with van der Waals surface area (Å²) in [7, 11) is 0. The normalized spacial score (nSPS) is 26.0. The zero-order valence-electron chi connectivity index (χ0n) is 8.44. The standard InChI is InChI=1S/C11H11BrF3N/c12-9-4-2-8(3-5-9)10(11(13,14)15)6-1-7-16-10/h2-5,16H,1,6-7H2/t10-/m0/s1. The highest BCUT2D eigenvalue weighted by molar-refractivity contribution is 9.10. The van der Waals surface area contributed by atoms with Crippen LogP contribution in [-0.2, 0) is 5.54 Å². The molecule has 0 spiro atoms. The first-order chi connectivity index (χ1) is 7.46. The second-order valence-corrected chi connectivity index (χ2v) is 4.86. The summed E-state index contributed by atoms with van der Waals surface area (Å²) in [5, 5.41) is 2.61. The van der Waals surface area contributed by atoms with Gasteiger partial charge in [-0.15, -0.1) is 0 Å². The Labute approximate surface area is 100 Å². The third kappa shape index (κ3) is 1.86. The van der Waals surface area contributed by atoms with E-state index in [0.717, 1.165) is 4.47 Å². The first kappa shape index (κ1) is 11.9. The largest absolute Gasteiger partial charge is 0.410 e. The van der Waals surface area contributed by atoms with Crippen molar-refractivity contribution in [2.24, 2.45) is 0 Å². The lowest BCUT2D eigenvalue weighted by Gasteiger charge is -2.32. The summed E-state index contributed by atoms with van der Waals surface area (Å²) < 4.78 is 40.2. The topological polar surface area (TPSA) is 12.0 Å². The second kappa shape index (κ2) is 4.04. The van der Waals surface area contributed by atoms with E-state index in [9.17, 15) is 13.2 Å². The molecule has 2 rings (SSSR count). The van der Waals surface area contributed by atoms with Crippen molar-refractivity contribution in [3.63, 3.8) is 0 Å². The van der Waals surface area contributed by atoms with Crippen LogP contribution < -0.4 is 5.32 Å². The Morgan fingerprint density at radius 1 is 1.19 bits per heavy atom. The van der Waals surface area contributed by atoms with Gasteiger partial charge in [-0.2, -0.15) is 13.2 Å². The van der Waals surface area contributed by atoms with E-state index < -0.39 is 11.7 Å². The minimum Gasteiger partial charge on any atom is -0.300 e. The number of rotatable bonds is 1. The van der Waals surface area contributed by atoms with Gasteiger partial charge in [-0.05, 0) is 37.1 Å². The van der Waals surface area contributed by atoms with Crippen molar-refractivity contribution in [3.05, 3.63) is 34.3 Å². The number of hydrogen-bond acceptors (Lipinski definition) is 1. The van der Waals surface area contributed by atoms with Gasteiger partial charge in [0.25, 0.3) is 0 Å². The van der Waals surface area contributed by atoms with E-state index in [-0.39, 0.29) is 6.42 Å². The summed E-state index contributed by atoms with van der Waals surface area (Å²) in [6, 6.07) is 6.33. The summed E-state index contributed by atoms with van der Waals surface area (Å²) >= 11 is 3.22. The zero-order valence-corrected chi connectivity index (χ0v) is 10.0. The van der Waals surface area contributed by atoms with Crippen molar-refractivity contribution in [1.29, 1.82) is 0 Å². The highest BCUT2D eigenvalue weighted by Gasteiger charge is 2.57. The highest BCUT2D eigenvalue weighted by atomic mass is 79.9. The van der Waals surface area contributed by atoms with Crippen LogP contribution in [0.1, 0.15) is 18.4 Å². The molecule has 1 aliphatic heterocycles. The van der Waals surface area contributed by atoms with Gasteiger partial charge in [0.15, 0.2) is 0 Å². The molecule has 88 valence electrons. The van der Waals surface area contributed by atoms with Crippen molar-refractivity contribution in [3.8, 4) is 0 Å². The Bertz CT molecular complexity index is 366. The number of alkyl halides is 3. The van der Waals surface area contributed by atoms with Gasteiger partial charge in [0, 0.05) is 4.47 Å². The van der Waals surface area contributed by atoms with E-state index >= 15 is 0 Å². The number of benzene rings is 1. The van der Waals surface area contributed by atoms with Crippen LogP contribution in [0, 0.1) is 0 Å². The van der Waals surface area contributed by atoms with Crippen LogP contribution in [0.3, 0.4) is 0 Å². The van der Waals surface area contributed by atoms with Crippen LogP contribution in [0.25, 0.3) is 0 Å². The Balaban J connectivity index is 2.44. The molecule has 0 aromatic heterocycles. The molecule has 1 heterocycles. The van der Waals surface area contributed by atoms with Gasteiger partial charge in [0.1, 0.15) is 5.54 Å². The van der Waals surface area contributed by atoms with E-state index in [0.29, 0.717) is 18.5 Å². The minimum absolute atomic E-state index is 0.109. The fourth-order valence-corrected chi connectivity index (χ4v) is 2.39. The van der Waals surface area contributed by atoms with Crippen molar-refractivity contribution >= 4 is 15.9 Å². The minimum atomic E-state index is -4.25. The Kier molecular flexibility index (Phi) is 3.01. The number of hydrogen-bond donors (Lipinski definition) is 1. The molecular formula is C11H11BrF3N. The van der Waals surface area contributed by atoms with Gasteiger partial charge in [-0.25, -0.2) is 0 Å². The molecule has 1 saturated heterocycles. The van der Waals surface area contributed by atoms with Gasteiger partial charge in [-0.3, -0.25) is 5.32 Å². The fraction of sp³-hybridized carbons (Fsp3) is 0.455. The van der Waals surface area contributed by atoms with Crippen molar-refractivity contribution in [1.82, 2.24) is 5.32 Å². The summed E-state index contributed by atoms with van der Waals surface area (Å²) in [6.07, 6.45) is -3.59. The van der Waals surface area contributed by atoms with Gasteiger partial charge in [0.05, 0.1) is 0 Å². The fourth-order valence-electron chi connectivity index (χ4n) is 2.13. The van der Waals surface area contributed by atoms with Gasteiger partial charge in [0.2, 0.25) is 0 Å². The third-order valence-electron chi connectivity index (χ3n) is 2.98. The number of halogens is 4. The quantitative estimate of drug-likeness (QED) is 0.834. The first-order valence-electron chi connectivity index (χ1n) is 5.03. The van der Waals surface area contributed by atoms with Crippen LogP contribution in [0.4, 0.5) is 13.2 Å². The van der Waals surface area contributed by atoms with E-state index in [1.54, 1.807) is 12.1 Å². The zero-order chi connectivity index (χ0) is 11.8. The monoisotopic (exact) mass is 293 g/mol. The molecule has 1 atom stereocenters.